The second kappa shape index (κ2) is 6.23. The van der Waals surface area contributed by atoms with Crippen molar-refractivity contribution in [1.29, 1.82) is 0 Å². The average Bonchev–Trinajstić information content (AvgIpc) is 3.25. The van der Waals surface area contributed by atoms with Gasteiger partial charge >= 0.3 is 0 Å². The molecule has 2 heterocycles. The Labute approximate surface area is 156 Å². The van der Waals surface area contributed by atoms with Gasteiger partial charge in [0, 0.05) is 17.8 Å². The normalized spacial score (nSPS) is 22.3. The number of nitrogens with zero attached hydrogens (tertiary/aromatic N) is 2. The van der Waals surface area contributed by atoms with Crippen LogP contribution in [0.15, 0.2) is 48.7 Å². The molecule has 5 rings (SSSR count). The number of H-pyrrole nitrogens is 1. The Morgan fingerprint density at radius 3 is 2.59 bits per heavy atom. The molecule has 2 atom stereocenters. The van der Waals surface area contributed by atoms with Crippen LogP contribution >= 0.6 is 0 Å². The van der Waals surface area contributed by atoms with Crippen LogP contribution in [0.1, 0.15) is 46.4 Å². The first-order valence-corrected chi connectivity index (χ1v) is 9.27. The smallest absolute Gasteiger partial charge is 0.261 e. The van der Waals surface area contributed by atoms with Crippen molar-refractivity contribution in [3.63, 3.8) is 0 Å². The third kappa shape index (κ3) is 2.68. The molecule has 1 aliphatic heterocycles. The average molecular weight is 361 g/mol. The summed E-state index contributed by atoms with van der Waals surface area (Å²) >= 11 is 0. The van der Waals surface area contributed by atoms with Crippen LogP contribution in [0, 0.1) is 0 Å². The third-order valence-electron chi connectivity index (χ3n) is 5.50. The third-order valence-corrected chi connectivity index (χ3v) is 5.50. The lowest BCUT2D eigenvalue weighted by atomic mass is 9.91. The lowest BCUT2D eigenvalue weighted by Gasteiger charge is -2.34. The second-order valence-corrected chi connectivity index (χ2v) is 7.21. The Morgan fingerprint density at radius 1 is 1.04 bits per heavy atom. The number of aromatic nitrogens is 2. The molecule has 27 heavy (non-hydrogen) atoms. The van der Waals surface area contributed by atoms with Crippen LogP contribution in [0.3, 0.4) is 0 Å². The number of benzene rings is 2. The van der Waals surface area contributed by atoms with Gasteiger partial charge in [-0.2, -0.15) is 5.10 Å². The summed E-state index contributed by atoms with van der Waals surface area (Å²) in [6.07, 6.45) is 5.09. The van der Waals surface area contributed by atoms with E-state index in [1.807, 2.05) is 18.2 Å². The molecule has 0 spiro atoms. The topological polar surface area (TPSA) is 75.3 Å². The van der Waals surface area contributed by atoms with Crippen molar-refractivity contribution >= 4 is 22.7 Å². The zero-order chi connectivity index (χ0) is 18.4. The lowest BCUT2D eigenvalue weighted by Crippen LogP contribution is -2.44. The fraction of sp³-hybridized carbons (Fsp3) is 0.286. The first-order valence-electron chi connectivity index (χ1n) is 9.27. The number of nitrogens with one attached hydrogen (secondary N) is 1. The highest BCUT2D eigenvalue weighted by atomic mass is 16.5. The SMILES string of the molecule is O=C1c2ccccc2C(=O)N1[C@H]1CCC[C@@H](Oc2ccc3[nH]ncc3c2)C1. The standard InChI is InChI=1S/C21H19N3O3/c25-20-17-6-1-2-7-18(17)21(26)24(20)14-4-3-5-15(11-14)27-16-8-9-19-13(10-16)12-22-23-19/h1-2,6-10,12,14-15H,3-5,11H2,(H,22,23)/t14-,15+/m0/s1. The molecule has 1 aliphatic carbocycles. The second-order valence-electron chi connectivity index (χ2n) is 7.21. The molecular formula is C21H19N3O3. The predicted octanol–water partition coefficient (Wildman–Crippen LogP) is 3.55. The number of carbonyl (C=O) groups is 2. The first-order chi connectivity index (χ1) is 13.2. The van der Waals surface area contributed by atoms with Gasteiger partial charge in [0.15, 0.2) is 0 Å². The molecule has 0 radical (unpaired) electrons. The highest BCUT2D eigenvalue weighted by Gasteiger charge is 2.41. The molecule has 2 aliphatic rings. The van der Waals surface area contributed by atoms with Crippen molar-refractivity contribution in [3.05, 3.63) is 59.8 Å². The van der Waals surface area contributed by atoms with Crippen LogP contribution in [0.25, 0.3) is 10.9 Å². The van der Waals surface area contributed by atoms with Gasteiger partial charge in [0.1, 0.15) is 11.9 Å². The van der Waals surface area contributed by atoms with Gasteiger partial charge < -0.3 is 4.74 Å². The van der Waals surface area contributed by atoms with Gasteiger partial charge in [0.2, 0.25) is 0 Å². The molecule has 0 unspecified atom stereocenters. The summed E-state index contributed by atoms with van der Waals surface area (Å²) in [6.45, 7) is 0. The van der Waals surface area contributed by atoms with Gasteiger partial charge in [-0.25, -0.2) is 0 Å². The van der Waals surface area contributed by atoms with E-state index < -0.39 is 0 Å². The number of imide groups is 1. The molecule has 2 aromatic carbocycles. The van der Waals surface area contributed by atoms with Gasteiger partial charge in [-0.3, -0.25) is 19.6 Å². The van der Waals surface area contributed by atoms with Crippen LogP contribution in [0.2, 0.25) is 0 Å². The van der Waals surface area contributed by atoms with E-state index in [2.05, 4.69) is 10.2 Å². The van der Waals surface area contributed by atoms with E-state index in [0.717, 1.165) is 35.9 Å². The van der Waals surface area contributed by atoms with Crippen molar-refractivity contribution < 1.29 is 14.3 Å². The minimum absolute atomic E-state index is 0.0163. The van der Waals surface area contributed by atoms with E-state index in [0.29, 0.717) is 17.5 Å². The quantitative estimate of drug-likeness (QED) is 0.724. The van der Waals surface area contributed by atoms with Gasteiger partial charge in [-0.15, -0.1) is 0 Å². The minimum atomic E-state index is -0.180. The molecule has 6 heteroatoms. The Bertz CT molecular complexity index is 1010. The largest absolute Gasteiger partial charge is 0.490 e. The van der Waals surface area contributed by atoms with Crippen molar-refractivity contribution in [1.82, 2.24) is 15.1 Å². The molecule has 1 fully saturated rings. The molecule has 1 aromatic heterocycles. The number of hydrogen-bond acceptors (Lipinski definition) is 4. The van der Waals surface area contributed by atoms with Crippen LogP contribution in [0.4, 0.5) is 0 Å². The number of ether oxygens (including phenoxy) is 1. The first kappa shape index (κ1) is 16.1. The van der Waals surface area contributed by atoms with Crippen LogP contribution in [0.5, 0.6) is 5.75 Å². The Hall–Kier alpha value is -3.15. The Morgan fingerprint density at radius 2 is 1.81 bits per heavy atom. The summed E-state index contributed by atoms with van der Waals surface area (Å²) in [4.78, 5) is 26.9. The summed E-state index contributed by atoms with van der Waals surface area (Å²) in [5.41, 5.74) is 1.99. The molecule has 1 saturated carbocycles. The molecule has 0 saturated heterocycles. The molecule has 2 amide bonds. The molecule has 6 nitrogen and oxygen atoms in total. The molecule has 3 aromatic rings. The van der Waals surface area contributed by atoms with Crippen molar-refractivity contribution in [2.75, 3.05) is 0 Å². The zero-order valence-corrected chi connectivity index (χ0v) is 14.7. The van der Waals surface area contributed by atoms with Crippen molar-refractivity contribution in [2.24, 2.45) is 0 Å². The van der Waals surface area contributed by atoms with Gasteiger partial charge in [0.05, 0.1) is 22.8 Å². The van der Waals surface area contributed by atoms with Crippen LogP contribution in [-0.4, -0.2) is 39.1 Å². The summed E-state index contributed by atoms with van der Waals surface area (Å²) in [5, 5.41) is 7.95. The van der Waals surface area contributed by atoms with E-state index in [9.17, 15) is 9.59 Å². The van der Waals surface area contributed by atoms with E-state index in [1.165, 1.54) is 4.90 Å². The maximum atomic E-state index is 12.7. The maximum absolute atomic E-state index is 12.7. The van der Waals surface area contributed by atoms with E-state index in [4.69, 9.17) is 4.74 Å². The number of rotatable bonds is 3. The number of carbonyl (C=O) groups excluding carboxylic acids is 2. The fourth-order valence-corrected chi connectivity index (χ4v) is 4.19. The lowest BCUT2D eigenvalue weighted by molar-refractivity contribution is 0.0452. The number of hydrogen-bond donors (Lipinski definition) is 1. The number of aromatic amines is 1. The monoisotopic (exact) mass is 361 g/mol. The molecule has 0 bridgehead atoms. The van der Waals surface area contributed by atoms with Crippen LogP contribution in [-0.2, 0) is 0 Å². The van der Waals surface area contributed by atoms with Gasteiger partial charge in [-0.05, 0) is 49.6 Å². The van der Waals surface area contributed by atoms with Gasteiger partial charge in [0.25, 0.3) is 11.8 Å². The number of amides is 2. The van der Waals surface area contributed by atoms with Crippen LogP contribution < -0.4 is 4.74 Å². The summed E-state index contributed by atoms with van der Waals surface area (Å²) in [6, 6.07) is 12.8. The van der Waals surface area contributed by atoms with Gasteiger partial charge in [-0.1, -0.05) is 12.1 Å². The maximum Gasteiger partial charge on any atom is 0.261 e. The molecular weight excluding hydrogens is 342 g/mol. The predicted molar refractivity (Wildman–Crippen MR) is 99.7 cm³/mol. The van der Waals surface area contributed by atoms with E-state index >= 15 is 0 Å². The zero-order valence-electron chi connectivity index (χ0n) is 14.7. The number of fused-ring (bicyclic) bond motifs is 2. The molecule has 1 N–H and O–H groups in total. The molecule has 136 valence electrons. The Balaban J connectivity index is 1.34. The minimum Gasteiger partial charge on any atom is -0.490 e. The summed E-state index contributed by atoms with van der Waals surface area (Å²) in [5.74, 6) is 0.430. The van der Waals surface area contributed by atoms with E-state index in [-0.39, 0.29) is 24.0 Å². The Kier molecular flexibility index (Phi) is 3.70. The van der Waals surface area contributed by atoms with E-state index in [1.54, 1.807) is 30.5 Å². The summed E-state index contributed by atoms with van der Waals surface area (Å²) < 4.78 is 6.18. The fourth-order valence-electron chi connectivity index (χ4n) is 4.19. The highest BCUT2D eigenvalue weighted by Crippen LogP contribution is 2.33. The highest BCUT2D eigenvalue weighted by molar-refractivity contribution is 6.21. The van der Waals surface area contributed by atoms with Crippen molar-refractivity contribution in [3.8, 4) is 5.75 Å². The van der Waals surface area contributed by atoms with Crippen molar-refractivity contribution in [2.45, 2.75) is 37.8 Å². The summed E-state index contributed by atoms with van der Waals surface area (Å²) in [7, 11) is 0.